The van der Waals surface area contributed by atoms with E-state index in [9.17, 15) is 4.79 Å². The number of alkyl halides is 1. The second-order valence-corrected chi connectivity index (χ2v) is 5.42. The molecule has 0 bridgehead atoms. The van der Waals surface area contributed by atoms with E-state index in [4.69, 9.17) is 21.1 Å². The van der Waals surface area contributed by atoms with E-state index < -0.39 is 0 Å². The number of ether oxygens (including phenoxy) is 2. The molecule has 1 aromatic carbocycles. The maximum atomic E-state index is 12.0. The van der Waals surface area contributed by atoms with Crippen molar-refractivity contribution in [3.63, 3.8) is 0 Å². The fourth-order valence-corrected chi connectivity index (χ4v) is 2.62. The predicted octanol–water partition coefficient (Wildman–Crippen LogP) is 2.86. The summed E-state index contributed by atoms with van der Waals surface area (Å²) in [6.07, 6.45) is 0.771. The molecule has 4 nitrogen and oxygen atoms in total. The summed E-state index contributed by atoms with van der Waals surface area (Å²) in [6, 6.07) is 3.38. The lowest BCUT2D eigenvalue weighted by Crippen LogP contribution is -2.27. The highest BCUT2D eigenvalue weighted by Gasteiger charge is 2.32. The first-order chi connectivity index (χ1) is 8.58. The first-order valence-electron chi connectivity index (χ1n) is 5.45. The van der Waals surface area contributed by atoms with E-state index >= 15 is 0 Å². The highest BCUT2D eigenvalue weighted by molar-refractivity contribution is 9.10. The Kier molecular flexibility index (Phi) is 4.02. The summed E-state index contributed by atoms with van der Waals surface area (Å²) in [5.74, 6) is 1.12. The van der Waals surface area contributed by atoms with Gasteiger partial charge < -0.3 is 14.4 Å². The van der Waals surface area contributed by atoms with Crippen LogP contribution in [0, 0.1) is 0 Å². The molecular formula is C12H13BrClNO3. The molecule has 1 aliphatic heterocycles. The Hall–Kier alpha value is -0.940. The van der Waals surface area contributed by atoms with Gasteiger partial charge in [0.2, 0.25) is 5.91 Å². The molecule has 98 valence electrons. The molecule has 1 amide bonds. The molecule has 1 aliphatic rings. The summed E-state index contributed by atoms with van der Waals surface area (Å²) >= 11 is 9.38. The van der Waals surface area contributed by atoms with Crippen molar-refractivity contribution < 1.29 is 14.3 Å². The number of benzene rings is 1. The van der Waals surface area contributed by atoms with Gasteiger partial charge in [0.15, 0.2) is 0 Å². The molecule has 1 saturated heterocycles. The molecule has 2 rings (SSSR count). The van der Waals surface area contributed by atoms with E-state index in [2.05, 4.69) is 15.9 Å². The van der Waals surface area contributed by atoms with Gasteiger partial charge in [0.05, 0.1) is 29.8 Å². The van der Waals surface area contributed by atoms with Gasteiger partial charge >= 0.3 is 0 Å². The van der Waals surface area contributed by atoms with Crippen LogP contribution in [0.15, 0.2) is 12.1 Å². The fourth-order valence-electron chi connectivity index (χ4n) is 1.94. The summed E-state index contributed by atoms with van der Waals surface area (Å²) < 4.78 is 10.4. The van der Waals surface area contributed by atoms with Crippen LogP contribution in [0.3, 0.4) is 0 Å². The number of methoxy groups -OCH3 is 2. The molecule has 0 spiro atoms. The van der Waals surface area contributed by atoms with Crippen LogP contribution in [0.4, 0.5) is 5.69 Å². The van der Waals surface area contributed by atoms with Crippen molar-refractivity contribution in [3.05, 3.63) is 17.2 Å². The fraction of sp³-hybridized carbons (Fsp3) is 0.417. The van der Waals surface area contributed by atoms with E-state index in [0.717, 1.165) is 6.42 Å². The molecule has 0 saturated carbocycles. The van der Waals surface area contributed by atoms with Gasteiger partial charge in [0.1, 0.15) is 11.5 Å². The highest BCUT2D eigenvalue weighted by Crippen LogP contribution is 2.40. The van der Waals surface area contributed by atoms with Gasteiger partial charge in [-0.1, -0.05) is 27.5 Å². The van der Waals surface area contributed by atoms with Crippen molar-refractivity contribution in [3.8, 4) is 11.5 Å². The summed E-state index contributed by atoms with van der Waals surface area (Å²) in [6.45, 7) is 0.649. The first-order valence-corrected chi connectivity index (χ1v) is 6.74. The lowest BCUT2D eigenvalue weighted by atomic mass is 10.2. The zero-order valence-corrected chi connectivity index (χ0v) is 12.4. The molecular weight excluding hydrogens is 321 g/mol. The average molecular weight is 335 g/mol. The van der Waals surface area contributed by atoms with E-state index in [-0.39, 0.29) is 10.7 Å². The van der Waals surface area contributed by atoms with Gasteiger partial charge in [-0.3, -0.25) is 4.79 Å². The molecule has 1 unspecified atom stereocenters. The SMILES string of the molecule is COc1cc(N2CCC(Br)C2=O)c(OC)cc1Cl. The van der Waals surface area contributed by atoms with Crippen molar-refractivity contribution in [2.75, 3.05) is 25.7 Å². The average Bonchev–Trinajstić information content (AvgIpc) is 2.70. The minimum absolute atomic E-state index is 0.0256. The van der Waals surface area contributed by atoms with Crippen molar-refractivity contribution in [1.29, 1.82) is 0 Å². The summed E-state index contributed by atoms with van der Waals surface area (Å²) in [4.78, 5) is 13.6. The van der Waals surface area contributed by atoms with Gasteiger partial charge in [-0.2, -0.15) is 0 Å². The van der Waals surface area contributed by atoms with Crippen LogP contribution >= 0.6 is 27.5 Å². The lowest BCUT2D eigenvalue weighted by molar-refractivity contribution is -0.116. The zero-order valence-electron chi connectivity index (χ0n) is 10.1. The molecule has 0 radical (unpaired) electrons. The van der Waals surface area contributed by atoms with Crippen molar-refractivity contribution in [2.24, 2.45) is 0 Å². The largest absolute Gasteiger partial charge is 0.495 e. The number of halogens is 2. The lowest BCUT2D eigenvalue weighted by Gasteiger charge is -2.20. The van der Waals surface area contributed by atoms with E-state index in [1.807, 2.05) is 0 Å². The van der Waals surface area contributed by atoms with Gasteiger partial charge in [-0.05, 0) is 6.42 Å². The van der Waals surface area contributed by atoms with Crippen LogP contribution < -0.4 is 14.4 Å². The molecule has 0 aromatic heterocycles. The number of nitrogens with zero attached hydrogens (tertiary/aromatic N) is 1. The Morgan fingerprint density at radius 3 is 2.50 bits per heavy atom. The molecule has 1 heterocycles. The topological polar surface area (TPSA) is 38.8 Å². The standard InChI is InChI=1S/C12H13BrClNO3/c1-17-10-6-9(11(18-2)5-8(10)14)15-4-3-7(13)12(15)16/h5-7H,3-4H2,1-2H3. The quantitative estimate of drug-likeness (QED) is 0.798. The normalized spacial score (nSPS) is 19.2. The third kappa shape index (κ3) is 2.29. The Bertz CT molecular complexity index is 481. The highest BCUT2D eigenvalue weighted by atomic mass is 79.9. The van der Waals surface area contributed by atoms with Crippen LogP contribution in [0.25, 0.3) is 0 Å². The molecule has 6 heteroatoms. The molecule has 1 atom stereocenters. The van der Waals surface area contributed by atoms with E-state index in [1.54, 1.807) is 24.1 Å². The second kappa shape index (κ2) is 5.36. The minimum atomic E-state index is -0.135. The Labute approximate surface area is 119 Å². The monoisotopic (exact) mass is 333 g/mol. The second-order valence-electron chi connectivity index (χ2n) is 3.90. The zero-order chi connectivity index (χ0) is 13.3. The minimum Gasteiger partial charge on any atom is -0.495 e. The summed E-state index contributed by atoms with van der Waals surface area (Å²) in [5, 5.41) is 0.458. The van der Waals surface area contributed by atoms with Gasteiger partial charge in [-0.15, -0.1) is 0 Å². The number of anilines is 1. The van der Waals surface area contributed by atoms with E-state index in [0.29, 0.717) is 28.8 Å². The van der Waals surface area contributed by atoms with Gasteiger partial charge in [-0.25, -0.2) is 0 Å². The number of carbonyl (C=O) groups is 1. The van der Waals surface area contributed by atoms with E-state index in [1.165, 1.54) is 7.11 Å². The number of rotatable bonds is 3. The van der Waals surface area contributed by atoms with Crippen molar-refractivity contribution in [2.45, 2.75) is 11.2 Å². The van der Waals surface area contributed by atoms with Crippen LogP contribution in [0.2, 0.25) is 5.02 Å². The molecule has 0 aliphatic carbocycles. The Balaban J connectivity index is 2.46. The first kappa shape index (κ1) is 13.5. The molecule has 18 heavy (non-hydrogen) atoms. The third-order valence-electron chi connectivity index (χ3n) is 2.88. The van der Waals surface area contributed by atoms with Gasteiger partial charge in [0.25, 0.3) is 0 Å². The van der Waals surface area contributed by atoms with Crippen LogP contribution in [0.5, 0.6) is 11.5 Å². The summed E-state index contributed by atoms with van der Waals surface area (Å²) in [7, 11) is 3.09. The number of hydrogen-bond donors (Lipinski definition) is 0. The molecule has 0 N–H and O–H groups in total. The third-order valence-corrected chi connectivity index (χ3v) is 4.03. The number of amides is 1. The number of hydrogen-bond acceptors (Lipinski definition) is 3. The maximum absolute atomic E-state index is 12.0. The van der Waals surface area contributed by atoms with Gasteiger partial charge in [0, 0.05) is 18.7 Å². The summed E-state index contributed by atoms with van der Waals surface area (Å²) in [5.41, 5.74) is 0.686. The Morgan fingerprint density at radius 2 is 2.00 bits per heavy atom. The van der Waals surface area contributed by atoms with Crippen molar-refractivity contribution >= 4 is 39.1 Å². The van der Waals surface area contributed by atoms with Crippen LogP contribution in [0.1, 0.15) is 6.42 Å². The van der Waals surface area contributed by atoms with Crippen molar-refractivity contribution in [1.82, 2.24) is 0 Å². The molecule has 1 aromatic rings. The maximum Gasteiger partial charge on any atom is 0.240 e. The molecule has 1 fully saturated rings. The van der Waals surface area contributed by atoms with Crippen LogP contribution in [-0.2, 0) is 4.79 Å². The number of carbonyl (C=O) groups excluding carboxylic acids is 1. The Morgan fingerprint density at radius 1 is 1.33 bits per heavy atom. The smallest absolute Gasteiger partial charge is 0.240 e. The predicted molar refractivity (Wildman–Crippen MR) is 74.2 cm³/mol. The van der Waals surface area contributed by atoms with Crippen LogP contribution in [-0.4, -0.2) is 31.5 Å².